The lowest BCUT2D eigenvalue weighted by Gasteiger charge is -2.25. The minimum atomic E-state index is -0.539. The Morgan fingerprint density at radius 2 is 1.95 bits per heavy atom. The summed E-state index contributed by atoms with van der Waals surface area (Å²) in [5.74, 6) is 0.800. The van der Waals surface area contributed by atoms with Crippen molar-refractivity contribution in [3.8, 4) is 0 Å². The molecule has 6 nitrogen and oxygen atoms in total. The maximum atomic E-state index is 12.3. The molecule has 0 aliphatic carbocycles. The largest absolute Gasteiger partial charge is 0.467 e. The van der Waals surface area contributed by atoms with Gasteiger partial charge in [0.05, 0.1) is 12.8 Å². The van der Waals surface area contributed by atoms with Gasteiger partial charge in [0.25, 0.3) is 0 Å². The van der Waals surface area contributed by atoms with Crippen LogP contribution in [-0.4, -0.2) is 36.0 Å². The third-order valence-electron chi connectivity index (χ3n) is 3.39. The molecule has 0 fully saturated rings. The van der Waals surface area contributed by atoms with Crippen molar-refractivity contribution in [2.24, 2.45) is 5.92 Å². The number of nitrogens with one attached hydrogen (secondary N) is 2. The van der Waals surface area contributed by atoms with Crippen LogP contribution in [0.3, 0.4) is 0 Å². The average molecular weight is 309 g/mol. The van der Waals surface area contributed by atoms with Gasteiger partial charge >= 0.3 is 6.03 Å². The zero-order chi connectivity index (χ0) is 16.5. The first-order valence-corrected chi connectivity index (χ1v) is 7.83. The normalized spacial score (nSPS) is 12.0. The lowest BCUT2D eigenvalue weighted by atomic mass is 10.0. The molecule has 0 saturated carbocycles. The second-order valence-corrected chi connectivity index (χ2v) is 5.60. The number of nitrogens with zero attached hydrogens (tertiary/aromatic N) is 1. The van der Waals surface area contributed by atoms with Crippen molar-refractivity contribution in [2.75, 3.05) is 13.1 Å². The van der Waals surface area contributed by atoms with Gasteiger partial charge in [-0.2, -0.15) is 0 Å². The highest BCUT2D eigenvalue weighted by molar-refractivity contribution is 5.87. The fourth-order valence-electron chi connectivity index (χ4n) is 2.16. The number of rotatable bonds is 8. The van der Waals surface area contributed by atoms with Crippen LogP contribution in [0, 0.1) is 5.92 Å². The van der Waals surface area contributed by atoms with E-state index in [0.29, 0.717) is 37.7 Å². The van der Waals surface area contributed by atoms with E-state index in [1.165, 1.54) is 0 Å². The maximum absolute atomic E-state index is 12.3. The Balaban J connectivity index is 2.61. The molecule has 1 atom stereocenters. The van der Waals surface area contributed by atoms with E-state index in [1.54, 1.807) is 23.3 Å². The van der Waals surface area contributed by atoms with Gasteiger partial charge in [-0.25, -0.2) is 4.79 Å². The zero-order valence-electron chi connectivity index (χ0n) is 13.9. The second kappa shape index (κ2) is 9.12. The van der Waals surface area contributed by atoms with Crippen LogP contribution in [0.2, 0.25) is 0 Å². The fraction of sp³-hybridized carbons (Fsp3) is 0.625. The van der Waals surface area contributed by atoms with Crippen LogP contribution in [0.5, 0.6) is 0 Å². The number of urea groups is 1. The van der Waals surface area contributed by atoms with Crippen molar-refractivity contribution in [3.05, 3.63) is 24.2 Å². The van der Waals surface area contributed by atoms with E-state index in [4.69, 9.17) is 4.42 Å². The fourth-order valence-corrected chi connectivity index (χ4v) is 2.16. The van der Waals surface area contributed by atoms with Crippen LogP contribution in [0.4, 0.5) is 4.79 Å². The number of hydrogen-bond acceptors (Lipinski definition) is 3. The highest BCUT2D eigenvalue weighted by Crippen LogP contribution is 2.07. The molecule has 1 heterocycles. The number of carbonyl (C=O) groups excluding carboxylic acids is 2. The van der Waals surface area contributed by atoms with Crippen LogP contribution >= 0.6 is 0 Å². The van der Waals surface area contributed by atoms with Crippen molar-refractivity contribution in [1.82, 2.24) is 15.5 Å². The smallest absolute Gasteiger partial charge is 0.318 e. The van der Waals surface area contributed by atoms with Gasteiger partial charge in [-0.05, 0) is 38.3 Å². The predicted octanol–water partition coefficient (Wildman–Crippen LogP) is 2.36. The molecule has 1 aromatic heterocycles. The molecule has 0 saturated heterocycles. The molecule has 2 N–H and O–H groups in total. The summed E-state index contributed by atoms with van der Waals surface area (Å²) in [5.41, 5.74) is 0. The number of furan rings is 1. The molecule has 1 aromatic rings. The summed E-state index contributed by atoms with van der Waals surface area (Å²) < 4.78 is 5.19. The zero-order valence-corrected chi connectivity index (χ0v) is 13.9. The predicted molar refractivity (Wildman–Crippen MR) is 85.3 cm³/mol. The molecule has 0 aromatic carbocycles. The third-order valence-corrected chi connectivity index (χ3v) is 3.39. The first-order valence-electron chi connectivity index (χ1n) is 7.83. The summed E-state index contributed by atoms with van der Waals surface area (Å²) in [7, 11) is 0. The standard InChI is InChI=1S/C16H27N3O3/c1-5-19(6-2)16(21)18-14(10-12(3)4)15(20)17-11-13-8-7-9-22-13/h7-9,12,14H,5-6,10-11H2,1-4H3,(H,17,20)(H,18,21)/t14-/m1/s1. The summed E-state index contributed by atoms with van der Waals surface area (Å²) in [6.45, 7) is 9.43. The second-order valence-electron chi connectivity index (χ2n) is 5.60. The van der Waals surface area contributed by atoms with E-state index >= 15 is 0 Å². The van der Waals surface area contributed by atoms with Gasteiger partial charge < -0.3 is 20.0 Å². The average Bonchev–Trinajstić information content (AvgIpc) is 2.98. The molecule has 1 rings (SSSR count). The van der Waals surface area contributed by atoms with Gasteiger partial charge in [0, 0.05) is 13.1 Å². The molecule has 124 valence electrons. The lowest BCUT2D eigenvalue weighted by Crippen LogP contribution is -2.51. The van der Waals surface area contributed by atoms with Crippen molar-refractivity contribution in [2.45, 2.75) is 46.7 Å². The Morgan fingerprint density at radius 3 is 2.45 bits per heavy atom. The molecule has 0 radical (unpaired) electrons. The molecule has 22 heavy (non-hydrogen) atoms. The van der Waals surface area contributed by atoms with Crippen LogP contribution < -0.4 is 10.6 Å². The molecule has 0 aliphatic rings. The molecule has 3 amide bonds. The third kappa shape index (κ3) is 5.79. The maximum Gasteiger partial charge on any atom is 0.318 e. The molecular weight excluding hydrogens is 282 g/mol. The van der Waals surface area contributed by atoms with Crippen molar-refractivity contribution >= 4 is 11.9 Å². The van der Waals surface area contributed by atoms with Gasteiger partial charge in [-0.3, -0.25) is 4.79 Å². The molecule has 0 spiro atoms. The van der Waals surface area contributed by atoms with E-state index in [0.717, 1.165) is 0 Å². The Bertz CT molecular complexity index is 453. The summed E-state index contributed by atoms with van der Waals surface area (Å²) >= 11 is 0. The van der Waals surface area contributed by atoms with Gasteiger partial charge in [0.1, 0.15) is 11.8 Å². The highest BCUT2D eigenvalue weighted by atomic mass is 16.3. The summed E-state index contributed by atoms with van der Waals surface area (Å²) in [6, 6.07) is 2.83. The Kier molecular flexibility index (Phi) is 7.49. The molecule has 6 heteroatoms. The quantitative estimate of drug-likeness (QED) is 0.774. The van der Waals surface area contributed by atoms with Crippen LogP contribution in [0.25, 0.3) is 0 Å². The molecular formula is C16H27N3O3. The molecule has 0 bridgehead atoms. The summed E-state index contributed by atoms with van der Waals surface area (Å²) in [6.07, 6.45) is 2.16. The van der Waals surface area contributed by atoms with Crippen molar-refractivity contribution in [1.29, 1.82) is 0 Å². The van der Waals surface area contributed by atoms with Gasteiger partial charge in [-0.1, -0.05) is 13.8 Å². The van der Waals surface area contributed by atoms with Crippen LogP contribution in [-0.2, 0) is 11.3 Å². The van der Waals surface area contributed by atoms with E-state index in [1.807, 2.05) is 27.7 Å². The van der Waals surface area contributed by atoms with E-state index in [9.17, 15) is 9.59 Å². The number of hydrogen-bond donors (Lipinski definition) is 2. The first-order chi connectivity index (χ1) is 10.5. The minimum Gasteiger partial charge on any atom is -0.467 e. The van der Waals surface area contributed by atoms with Crippen LogP contribution in [0.15, 0.2) is 22.8 Å². The van der Waals surface area contributed by atoms with E-state index < -0.39 is 6.04 Å². The monoisotopic (exact) mass is 309 g/mol. The highest BCUT2D eigenvalue weighted by Gasteiger charge is 2.23. The minimum absolute atomic E-state index is 0.189. The van der Waals surface area contributed by atoms with Gasteiger partial charge in [0.15, 0.2) is 0 Å². The summed E-state index contributed by atoms with van der Waals surface area (Å²) in [5, 5.41) is 5.63. The topological polar surface area (TPSA) is 74.6 Å². The summed E-state index contributed by atoms with van der Waals surface area (Å²) in [4.78, 5) is 26.1. The molecule has 0 unspecified atom stereocenters. The SMILES string of the molecule is CCN(CC)C(=O)N[C@H](CC(C)C)C(=O)NCc1ccco1. The van der Waals surface area contributed by atoms with Gasteiger partial charge in [0.2, 0.25) is 5.91 Å². The van der Waals surface area contributed by atoms with Gasteiger partial charge in [-0.15, -0.1) is 0 Å². The Hall–Kier alpha value is -1.98. The van der Waals surface area contributed by atoms with Crippen LogP contribution in [0.1, 0.15) is 39.9 Å². The van der Waals surface area contributed by atoms with Crippen molar-refractivity contribution in [3.63, 3.8) is 0 Å². The van der Waals surface area contributed by atoms with Crippen molar-refractivity contribution < 1.29 is 14.0 Å². The lowest BCUT2D eigenvalue weighted by molar-refractivity contribution is -0.123. The first kappa shape index (κ1) is 18.1. The van der Waals surface area contributed by atoms with E-state index in [2.05, 4.69) is 10.6 Å². The number of amides is 3. The Morgan fingerprint density at radius 1 is 1.27 bits per heavy atom. The van der Waals surface area contributed by atoms with E-state index in [-0.39, 0.29) is 11.9 Å². The molecule has 0 aliphatic heterocycles. The number of carbonyl (C=O) groups is 2. The Labute approximate surface area is 132 Å².